The van der Waals surface area contributed by atoms with E-state index in [9.17, 15) is 9.59 Å². The Morgan fingerprint density at radius 3 is 2.73 bits per heavy atom. The lowest BCUT2D eigenvalue weighted by Gasteiger charge is -2.32. The van der Waals surface area contributed by atoms with Gasteiger partial charge in [0.05, 0.1) is 23.4 Å². The number of ether oxygens (including phenoxy) is 1. The van der Waals surface area contributed by atoms with Crippen LogP contribution in [-0.4, -0.2) is 47.6 Å². The number of hydrogen-bond acceptors (Lipinski definition) is 6. The van der Waals surface area contributed by atoms with Crippen LogP contribution in [0.2, 0.25) is 0 Å². The summed E-state index contributed by atoms with van der Waals surface area (Å²) in [6, 6.07) is 7.58. The Hall–Kier alpha value is -2.61. The van der Waals surface area contributed by atoms with E-state index in [1.54, 1.807) is 23.2 Å². The Balaban J connectivity index is 1.48. The summed E-state index contributed by atoms with van der Waals surface area (Å²) in [4.78, 5) is 30.4. The van der Waals surface area contributed by atoms with Crippen LogP contribution in [0.15, 0.2) is 35.8 Å². The first-order valence-corrected chi connectivity index (χ1v) is 9.53. The molecule has 1 aliphatic heterocycles. The van der Waals surface area contributed by atoms with Gasteiger partial charge in [0.25, 0.3) is 5.91 Å². The SMILES string of the molecule is CCOC(=O)N1CCC(Nc2ccc(NC(=O)c3cccs3)nc2)CC1. The highest BCUT2D eigenvalue weighted by Crippen LogP contribution is 2.18. The highest BCUT2D eigenvalue weighted by atomic mass is 32.1. The van der Waals surface area contributed by atoms with Crippen molar-refractivity contribution in [3.63, 3.8) is 0 Å². The number of amides is 2. The number of anilines is 2. The van der Waals surface area contributed by atoms with Crippen LogP contribution in [0.1, 0.15) is 29.4 Å². The van der Waals surface area contributed by atoms with Crippen molar-refractivity contribution in [2.24, 2.45) is 0 Å². The van der Waals surface area contributed by atoms with Gasteiger partial charge in [-0.25, -0.2) is 9.78 Å². The molecular formula is C18H22N4O3S. The quantitative estimate of drug-likeness (QED) is 0.838. The lowest BCUT2D eigenvalue weighted by molar-refractivity contribution is 0.0982. The van der Waals surface area contributed by atoms with Gasteiger partial charge in [0.2, 0.25) is 0 Å². The lowest BCUT2D eigenvalue weighted by atomic mass is 10.1. The number of pyridine rings is 1. The van der Waals surface area contributed by atoms with Gasteiger partial charge in [0.15, 0.2) is 0 Å². The Kier molecular flexibility index (Phi) is 6.06. The monoisotopic (exact) mass is 374 g/mol. The molecule has 0 radical (unpaired) electrons. The summed E-state index contributed by atoms with van der Waals surface area (Å²) >= 11 is 1.39. The van der Waals surface area contributed by atoms with E-state index in [-0.39, 0.29) is 18.0 Å². The molecule has 0 atom stereocenters. The fourth-order valence-electron chi connectivity index (χ4n) is 2.80. The molecule has 1 aliphatic rings. The van der Waals surface area contributed by atoms with Crippen molar-refractivity contribution < 1.29 is 14.3 Å². The maximum Gasteiger partial charge on any atom is 0.409 e. The smallest absolute Gasteiger partial charge is 0.409 e. The van der Waals surface area contributed by atoms with Crippen molar-refractivity contribution in [3.05, 3.63) is 40.7 Å². The molecule has 0 unspecified atom stereocenters. The summed E-state index contributed by atoms with van der Waals surface area (Å²) in [5.41, 5.74) is 0.897. The maximum absolute atomic E-state index is 12.0. The summed E-state index contributed by atoms with van der Waals surface area (Å²) in [7, 11) is 0. The van der Waals surface area contributed by atoms with E-state index >= 15 is 0 Å². The molecule has 26 heavy (non-hydrogen) atoms. The molecule has 0 aromatic carbocycles. The molecule has 3 heterocycles. The van der Waals surface area contributed by atoms with Gasteiger partial charge in [0.1, 0.15) is 5.82 Å². The number of aromatic nitrogens is 1. The van der Waals surface area contributed by atoms with Crippen molar-refractivity contribution in [1.29, 1.82) is 0 Å². The number of carbonyl (C=O) groups excluding carboxylic acids is 2. The van der Waals surface area contributed by atoms with Gasteiger partial charge in [-0.15, -0.1) is 11.3 Å². The molecule has 8 heteroatoms. The first-order valence-electron chi connectivity index (χ1n) is 8.65. The first kappa shape index (κ1) is 18.2. The Bertz CT molecular complexity index is 725. The van der Waals surface area contributed by atoms with E-state index in [4.69, 9.17) is 4.74 Å². The van der Waals surface area contributed by atoms with Crippen molar-refractivity contribution >= 4 is 34.8 Å². The number of piperidine rings is 1. The molecule has 2 amide bonds. The second-order valence-corrected chi connectivity index (χ2v) is 6.92. The van der Waals surface area contributed by atoms with E-state index in [2.05, 4.69) is 15.6 Å². The van der Waals surface area contributed by atoms with Crippen LogP contribution in [0, 0.1) is 0 Å². The molecule has 2 aromatic rings. The van der Waals surface area contributed by atoms with Gasteiger partial charge in [-0.3, -0.25) is 4.79 Å². The number of nitrogens with one attached hydrogen (secondary N) is 2. The molecular weight excluding hydrogens is 352 g/mol. The maximum atomic E-state index is 12.0. The third-order valence-corrected chi connectivity index (χ3v) is 5.01. The fraction of sp³-hybridized carbons (Fsp3) is 0.389. The van der Waals surface area contributed by atoms with Crippen molar-refractivity contribution in [2.45, 2.75) is 25.8 Å². The van der Waals surface area contributed by atoms with Crippen LogP contribution in [0.25, 0.3) is 0 Å². The molecule has 0 saturated carbocycles. The zero-order chi connectivity index (χ0) is 18.4. The molecule has 0 bridgehead atoms. The summed E-state index contributed by atoms with van der Waals surface area (Å²) < 4.78 is 5.03. The number of thiophene rings is 1. The van der Waals surface area contributed by atoms with Gasteiger partial charge in [-0.1, -0.05) is 6.07 Å². The molecule has 3 rings (SSSR count). The second-order valence-electron chi connectivity index (χ2n) is 5.97. The van der Waals surface area contributed by atoms with Gasteiger partial charge in [0, 0.05) is 19.1 Å². The third-order valence-electron chi connectivity index (χ3n) is 4.14. The van der Waals surface area contributed by atoms with E-state index < -0.39 is 0 Å². The van der Waals surface area contributed by atoms with Gasteiger partial charge >= 0.3 is 6.09 Å². The van der Waals surface area contributed by atoms with Crippen LogP contribution < -0.4 is 10.6 Å². The average molecular weight is 374 g/mol. The van der Waals surface area contributed by atoms with E-state index in [0.717, 1.165) is 18.5 Å². The minimum Gasteiger partial charge on any atom is -0.450 e. The van der Waals surface area contributed by atoms with Gasteiger partial charge < -0.3 is 20.3 Å². The second kappa shape index (κ2) is 8.66. The topological polar surface area (TPSA) is 83.6 Å². The van der Waals surface area contributed by atoms with Crippen molar-refractivity contribution in [1.82, 2.24) is 9.88 Å². The number of likely N-dealkylation sites (tertiary alicyclic amines) is 1. The van der Waals surface area contributed by atoms with Crippen LogP contribution in [0.3, 0.4) is 0 Å². The summed E-state index contributed by atoms with van der Waals surface area (Å²) in [5, 5.41) is 8.07. The number of rotatable bonds is 5. The zero-order valence-electron chi connectivity index (χ0n) is 14.6. The normalized spacial score (nSPS) is 14.7. The number of hydrogen-bond donors (Lipinski definition) is 2. The van der Waals surface area contributed by atoms with E-state index in [1.165, 1.54) is 11.3 Å². The highest BCUT2D eigenvalue weighted by Gasteiger charge is 2.23. The molecule has 2 aromatic heterocycles. The van der Waals surface area contributed by atoms with E-state index in [1.807, 2.05) is 24.4 Å². The Labute approximate surface area is 156 Å². The van der Waals surface area contributed by atoms with Gasteiger partial charge in [-0.05, 0) is 43.3 Å². The largest absolute Gasteiger partial charge is 0.450 e. The minimum atomic E-state index is -0.238. The van der Waals surface area contributed by atoms with Crippen molar-refractivity contribution in [3.8, 4) is 0 Å². The number of nitrogens with zero attached hydrogens (tertiary/aromatic N) is 2. The van der Waals surface area contributed by atoms with Crippen molar-refractivity contribution in [2.75, 3.05) is 30.3 Å². The molecule has 0 spiro atoms. The van der Waals surface area contributed by atoms with Gasteiger partial charge in [-0.2, -0.15) is 0 Å². The van der Waals surface area contributed by atoms with Crippen LogP contribution in [-0.2, 0) is 4.74 Å². The molecule has 7 nitrogen and oxygen atoms in total. The zero-order valence-corrected chi connectivity index (χ0v) is 15.4. The highest BCUT2D eigenvalue weighted by molar-refractivity contribution is 7.12. The van der Waals surface area contributed by atoms with Crippen LogP contribution in [0.4, 0.5) is 16.3 Å². The molecule has 138 valence electrons. The molecule has 0 aliphatic carbocycles. The average Bonchev–Trinajstić information content (AvgIpc) is 3.19. The summed E-state index contributed by atoms with van der Waals surface area (Å²) in [5.74, 6) is 0.366. The Morgan fingerprint density at radius 1 is 1.31 bits per heavy atom. The first-order chi connectivity index (χ1) is 12.7. The van der Waals surface area contributed by atoms with E-state index in [0.29, 0.717) is 30.4 Å². The molecule has 2 N–H and O–H groups in total. The summed E-state index contributed by atoms with van der Waals surface area (Å²) in [6.07, 6.45) is 3.19. The predicted molar refractivity (Wildman–Crippen MR) is 102 cm³/mol. The Morgan fingerprint density at radius 2 is 2.12 bits per heavy atom. The molecule has 1 fully saturated rings. The lowest BCUT2D eigenvalue weighted by Crippen LogP contribution is -2.42. The molecule has 1 saturated heterocycles. The standard InChI is InChI=1S/C18H22N4O3S/c1-2-25-18(24)22-9-7-13(8-10-22)20-14-5-6-16(19-12-14)21-17(23)15-4-3-11-26-15/h3-6,11-13,20H,2,7-10H2,1H3,(H,19,21,23). The van der Waals surface area contributed by atoms with Crippen LogP contribution in [0.5, 0.6) is 0 Å². The fourth-order valence-corrected chi connectivity index (χ4v) is 3.41. The predicted octanol–water partition coefficient (Wildman–Crippen LogP) is 3.43. The number of carbonyl (C=O) groups is 2. The summed E-state index contributed by atoms with van der Waals surface area (Å²) in [6.45, 7) is 3.57. The van der Waals surface area contributed by atoms with Crippen LogP contribution >= 0.6 is 11.3 Å². The minimum absolute atomic E-state index is 0.153. The third kappa shape index (κ3) is 4.72.